The van der Waals surface area contributed by atoms with Crippen molar-refractivity contribution in [2.24, 2.45) is 0 Å². The van der Waals surface area contributed by atoms with Crippen molar-refractivity contribution < 1.29 is 22.3 Å². The largest absolute Gasteiger partial charge is 0.465 e. The third kappa shape index (κ3) is 3.01. The molecular formula is C13H17FN2O4S. The summed E-state index contributed by atoms with van der Waals surface area (Å²) in [6.45, 7) is 2.04. The van der Waals surface area contributed by atoms with Gasteiger partial charge in [-0.25, -0.2) is 12.8 Å². The molecule has 116 valence electrons. The lowest BCUT2D eigenvalue weighted by atomic mass is 10.2. The highest BCUT2D eigenvalue weighted by atomic mass is 32.2. The number of hydrogen-bond donors (Lipinski definition) is 1. The van der Waals surface area contributed by atoms with Gasteiger partial charge >= 0.3 is 5.97 Å². The first-order valence-electron chi connectivity index (χ1n) is 6.61. The Morgan fingerprint density at radius 2 is 2.24 bits per heavy atom. The molecule has 0 saturated carbocycles. The molecule has 0 amide bonds. The molecule has 1 aliphatic heterocycles. The maximum absolute atomic E-state index is 13.5. The van der Waals surface area contributed by atoms with Crippen molar-refractivity contribution in [3.8, 4) is 0 Å². The number of anilines is 1. The number of carbonyl (C=O) groups is 1. The number of esters is 1. The molecule has 0 aliphatic carbocycles. The lowest BCUT2D eigenvalue weighted by molar-refractivity contribution is -0.146. The molecule has 2 N–H and O–H groups in total. The van der Waals surface area contributed by atoms with E-state index in [2.05, 4.69) is 0 Å². The highest BCUT2D eigenvalue weighted by molar-refractivity contribution is 7.89. The monoisotopic (exact) mass is 316 g/mol. The van der Waals surface area contributed by atoms with Crippen molar-refractivity contribution >= 4 is 21.7 Å². The summed E-state index contributed by atoms with van der Waals surface area (Å²) in [5.41, 5.74) is 5.22. The fourth-order valence-corrected chi connectivity index (χ4v) is 3.96. The summed E-state index contributed by atoms with van der Waals surface area (Å²) < 4.78 is 44.5. The fourth-order valence-electron chi connectivity index (χ4n) is 2.31. The third-order valence-electron chi connectivity index (χ3n) is 3.34. The van der Waals surface area contributed by atoms with Crippen molar-refractivity contribution in [1.29, 1.82) is 0 Å². The molecule has 6 nitrogen and oxygen atoms in total. The smallest absolute Gasteiger partial charge is 0.324 e. The van der Waals surface area contributed by atoms with Crippen LogP contribution in [0.2, 0.25) is 0 Å². The molecule has 1 aromatic carbocycles. The summed E-state index contributed by atoms with van der Waals surface area (Å²) >= 11 is 0. The van der Waals surface area contributed by atoms with Gasteiger partial charge in [0, 0.05) is 6.54 Å². The van der Waals surface area contributed by atoms with E-state index < -0.39 is 27.9 Å². The van der Waals surface area contributed by atoms with Gasteiger partial charge in [-0.1, -0.05) is 0 Å². The molecule has 8 heteroatoms. The summed E-state index contributed by atoms with van der Waals surface area (Å²) in [6, 6.07) is 2.44. The number of rotatable bonds is 4. The number of nitrogens with two attached hydrogens (primary N) is 1. The highest BCUT2D eigenvalue weighted by Crippen LogP contribution is 2.28. The Morgan fingerprint density at radius 3 is 2.86 bits per heavy atom. The van der Waals surface area contributed by atoms with E-state index in [0.29, 0.717) is 12.8 Å². The minimum absolute atomic E-state index is 0.127. The van der Waals surface area contributed by atoms with Gasteiger partial charge in [0.15, 0.2) is 0 Å². The van der Waals surface area contributed by atoms with E-state index in [-0.39, 0.29) is 23.7 Å². The fraction of sp³-hybridized carbons (Fsp3) is 0.462. The number of nitrogens with zero attached hydrogens (tertiary/aromatic N) is 1. The molecule has 1 aliphatic rings. The van der Waals surface area contributed by atoms with Gasteiger partial charge in [0.2, 0.25) is 10.0 Å². The van der Waals surface area contributed by atoms with Crippen LogP contribution in [0, 0.1) is 5.82 Å². The Balaban J connectivity index is 2.33. The minimum atomic E-state index is -3.95. The van der Waals surface area contributed by atoms with Crippen LogP contribution in [0.4, 0.5) is 10.1 Å². The van der Waals surface area contributed by atoms with Crippen molar-refractivity contribution in [2.75, 3.05) is 18.9 Å². The molecule has 1 heterocycles. The predicted molar refractivity (Wildman–Crippen MR) is 74.4 cm³/mol. The van der Waals surface area contributed by atoms with E-state index in [4.69, 9.17) is 10.5 Å². The summed E-state index contributed by atoms with van der Waals surface area (Å²) in [5.74, 6) is -1.38. The van der Waals surface area contributed by atoms with Gasteiger partial charge in [-0.3, -0.25) is 4.79 Å². The SMILES string of the molecule is CCOC(=O)C1CCCN1S(=O)(=O)c1ccc(N)c(F)c1. The zero-order valence-electron chi connectivity index (χ0n) is 11.6. The Morgan fingerprint density at radius 1 is 1.52 bits per heavy atom. The first-order chi connectivity index (χ1) is 9.87. The van der Waals surface area contributed by atoms with Crippen LogP contribution >= 0.6 is 0 Å². The second kappa shape index (κ2) is 5.98. The van der Waals surface area contributed by atoms with Gasteiger partial charge in [-0.15, -0.1) is 0 Å². The molecule has 0 bridgehead atoms. The van der Waals surface area contributed by atoms with E-state index in [9.17, 15) is 17.6 Å². The molecule has 1 atom stereocenters. The first kappa shape index (κ1) is 15.7. The van der Waals surface area contributed by atoms with Gasteiger partial charge in [-0.2, -0.15) is 4.31 Å². The second-order valence-corrected chi connectivity index (χ2v) is 6.60. The van der Waals surface area contributed by atoms with Crippen molar-refractivity contribution in [1.82, 2.24) is 4.31 Å². The topological polar surface area (TPSA) is 89.7 Å². The highest BCUT2D eigenvalue weighted by Gasteiger charge is 2.40. The number of nitrogen functional groups attached to an aromatic ring is 1. The molecule has 1 fully saturated rings. The molecular weight excluding hydrogens is 299 g/mol. The van der Waals surface area contributed by atoms with Gasteiger partial charge in [-0.05, 0) is 38.0 Å². The van der Waals surface area contributed by atoms with Crippen molar-refractivity contribution in [3.05, 3.63) is 24.0 Å². The van der Waals surface area contributed by atoms with Crippen LogP contribution in [0.3, 0.4) is 0 Å². The van der Waals surface area contributed by atoms with E-state index >= 15 is 0 Å². The van der Waals surface area contributed by atoms with E-state index in [1.165, 1.54) is 12.1 Å². The molecule has 0 spiro atoms. The Bertz CT molecular complexity index is 648. The second-order valence-electron chi connectivity index (χ2n) is 4.71. The molecule has 1 aromatic rings. The molecule has 2 rings (SSSR count). The normalized spacial score (nSPS) is 19.6. The van der Waals surface area contributed by atoms with E-state index in [1.54, 1.807) is 6.92 Å². The predicted octanol–water partition coefficient (Wildman–Crippen LogP) is 1.12. The molecule has 0 aromatic heterocycles. The average molecular weight is 316 g/mol. The summed E-state index contributed by atoms with van der Waals surface area (Å²) in [6.07, 6.45) is 0.954. The van der Waals surface area contributed by atoms with Crippen LogP contribution in [-0.2, 0) is 19.6 Å². The van der Waals surface area contributed by atoms with Crippen molar-refractivity contribution in [3.63, 3.8) is 0 Å². The average Bonchev–Trinajstić information content (AvgIpc) is 2.92. The van der Waals surface area contributed by atoms with Crippen LogP contribution < -0.4 is 5.73 Å². The molecule has 1 unspecified atom stereocenters. The third-order valence-corrected chi connectivity index (χ3v) is 5.25. The van der Waals surface area contributed by atoms with E-state index in [1.807, 2.05) is 0 Å². The number of benzene rings is 1. The van der Waals surface area contributed by atoms with E-state index in [0.717, 1.165) is 10.4 Å². The van der Waals surface area contributed by atoms with Crippen LogP contribution in [0.5, 0.6) is 0 Å². The maximum atomic E-state index is 13.5. The van der Waals surface area contributed by atoms with Gasteiger partial charge in [0.05, 0.1) is 17.2 Å². The number of ether oxygens (including phenoxy) is 1. The van der Waals surface area contributed by atoms with Crippen LogP contribution in [0.1, 0.15) is 19.8 Å². The lowest BCUT2D eigenvalue weighted by Gasteiger charge is -2.22. The number of sulfonamides is 1. The molecule has 0 radical (unpaired) electrons. The standard InChI is InChI=1S/C13H17FN2O4S/c1-2-20-13(17)12-4-3-7-16(12)21(18,19)9-5-6-11(15)10(14)8-9/h5-6,8,12H,2-4,7,15H2,1H3. The Kier molecular flexibility index (Phi) is 4.48. The zero-order chi connectivity index (χ0) is 15.6. The lowest BCUT2D eigenvalue weighted by Crippen LogP contribution is -2.41. The Labute approximate surface area is 122 Å². The quantitative estimate of drug-likeness (QED) is 0.664. The van der Waals surface area contributed by atoms with Gasteiger partial charge in [0.25, 0.3) is 0 Å². The van der Waals surface area contributed by atoms with Crippen LogP contribution in [0.15, 0.2) is 23.1 Å². The number of halogens is 1. The number of hydrogen-bond acceptors (Lipinski definition) is 5. The summed E-state index contributed by atoms with van der Waals surface area (Å²) in [4.78, 5) is 11.6. The summed E-state index contributed by atoms with van der Waals surface area (Å²) in [5, 5.41) is 0. The van der Waals surface area contributed by atoms with Gasteiger partial charge in [0.1, 0.15) is 11.9 Å². The van der Waals surface area contributed by atoms with Crippen molar-refractivity contribution in [2.45, 2.75) is 30.7 Å². The number of carbonyl (C=O) groups excluding carboxylic acids is 1. The van der Waals surface area contributed by atoms with Crippen LogP contribution in [-0.4, -0.2) is 37.9 Å². The Hall–Kier alpha value is -1.67. The van der Waals surface area contributed by atoms with Gasteiger partial charge < -0.3 is 10.5 Å². The summed E-state index contributed by atoms with van der Waals surface area (Å²) in [7, 11) is -3.95. The zero-order valence-corrected chi connectivity index (χ0v) is 12.4. The minimum Gasteiger partial charge on any atom is -0.465 e. The maximum Gasteiger partial charge on any atom is 0.324 e. The first-order valence-corrected chi connectivity index (χ1v) is 8.05. The molecule has 1 saturated heterocycles. The van der Waals surface area contributed by atoms with Crippen LogP contribution in [0.25, 0.3) is 0 Å². The molecule has 21 heavy (non-hydrogen) atoms.